The van der Waals surface area contributed by atoms with Gasteiger partial charge in [0.25, 0.3) is 0 Å². The molecule has 0 bridgehead atoms. The Bertz CT molecular complexity index is 884. The molecule has 262 valence electrons. The van der Waals surface area contributed by atoms with E-state index in [1.165, 1.54) is 0 Å². The van der Waals surface area contributed by atoms with Crippen molar-refractivity contribution in [1.82, 2.24) is 21.3 Å². The third kappa shape index (κ3) is 26.1. The molecule has 45 heavy (non-hydrogen) atoms. The van der Waals surface area contributed by atoms with E-state index in [0.717, 1.165) is 13.0 Å². The maximum Gasteiger partial charge on any atom is 0.326 e. The summed E-state index contributed by atoms with van der Waals surface area (Å²) >= 11 is 0. The van der Waals surface area contributed by atoms with Crippen LogP contribution < -0.4 is 21.3 Å². The third-order valence-electron chi connectivity index (χ3n) is 6.38. The van der Waals surface area contributed by atoms with E-state index in [2.05, 4.69) is 21.3 Å². The smallest absolute Gasteiger partial charge is 0.326 e. The molecule has 0 aromatic carbocycles. The highest BCUT2D eigenvalue weighted by atomic mass is 16.5. The summed E-state index contributed by atoms with van der Waals surface area (Å²) in [5, 5.41) is 29.2. The maximum atomic E-state index is 12.3. The van der Waals surface area contributed by atoms with Gasteiger partial charge in [0.05, 0.1) is 46.1 Å². The zero-order valence-electron chi connectivity index (χ0n) is 27.7. The van der Waals surface area contributed by atoms with Crippen molar-refractivity contribution in [3.63, 3.8) is 0 Å². The number of aliphatic carboxylic acids is 2. The summed E-state index contributed by atoms with van der Waals surface area (Å²) in [6.07, 6.45) is 2.75. The summed E-state index contributed by atoms with van der Waals surface area (Å²) in [4.78, 5) is 58.3. The highest BCUT2D eigenvalue weighted by Crippen LogP contribution is 2.38. The lowest BCUT2D eigenvalue weighted by Gasteiger charge is -2.33. The molecule has 1 unspecified atom stereocenters. The molecule has 15 heteroatoms. The van der Waals surface area contributed by atoms with Crippen LogP contribution in [0.5, 0.6) is 0 Å². The second-order valence-corrected chi connectivity index (χ2v) is 12.3. The van der Waals surface area contributed by atoms with Crippen LogP contribution in [0.4, 0.5) is 0 Å². The Morgan fingerprint density at radius 2 is 1.16 bits per heavy atom. The first-order chi connectivity index (χ1) is 21.2. The van der Waals surface area contributed by atoms with Crippen LogP contribution in [0, 0.1) is 10.8 Å². The van der Waals surface area contributed by atoms with Crippen molar-refractivity contribution < 1.29 is 53.1 Å². The Labute approximate surface area is 266 Å². The SMILES string of the molecule is CNCCCCC(NC(=O)COCCOCCNC(=O)COCCOCCNC(=O)CC(C)(C)CC(C)(C)CC(=O)O)C(=O)O. The predicted molar refractivity (Wildman–Crippen MR) is 166 cm³/mol. The van der Waals surface area contributed by atoms with Gasteiger partial charge in [-0.2, -0.15) is 0 Å². The fraction of sp³-hybridized carbons (Fsp3) is 0.833. The number of hydrogen-bond donors (Lipinski definition) is 6. The van der Waals surface area contributed by atoms with Crippen molar-refractivity contribution >= 4 is 29.7 Å². The highest BCUT2D eigenvalue weighted by molar-refractivity contribution is 5.84. The molecule has 0 aromatic rings. The van der Waals surface area contributed by atoms with Crippen LogP contribution in [-0.2, 0) is 42.9 Å². The second kappa shape index (κ2) is 24.4. The van der Waals surface area contributed by atoms with Crippen LogP contribution >= 0.6 is 0 Å². The molecule has 0 rings (SSSR count). The molecule has 0 aliphatic carbocycles. The number of carbonyl (C=O) groups excluding carboxylic acids is 3. The lowest BCUT2D eigenvalue weighted by Crippen LogP contribution is -2.42. The number of unbranched alkanes of at least 4 members (excludes halogenated alkanes) is 1. The zero-order chi connectivity index (χ0) is 34.1. The molecule has 0 aliphatic rings. The number of carbonyl (C=O) groups is 5. The lowest BCUT2D eigenvalue weighted by atomic mass is 9.72. The quantitative estimate of drug-likeness (QED) is 0.0614. The molecule has 0 aliphatic heterocycles. The van der Waals surface area contributed by atoms with E-state index in [1.54, 1.807) is 0 Å². The number of ether oxygens (including phenoxy) is 4. The number of amides is 3. The molecule has 0 saturated carbocycles. The molecule has 1 atom stereocenters. The van der Waals surface area contributed by atoms with Crippen LogP contribution in [0.25, 0.3) is 0 Å². The third-order valence-corrected chi connectivity index (χ3v) is 6.38. The van der Waals surface area contributed by atoms with Gasteiger partial charge in [0, 0.05) is 19.5 Å². The minimum atomic E-state index is -1.08. The number of carboxylic acids is 2. The first-order valence-corrected chi connectivity index (χ1v) is 15.4. The zero-order valence-corrected chi connectivity index (χ0v) is 27.7. The van der Waals surface area contributed by atoms with Crippen molar-refractivity contribution in [3.8, 4) is 0 Å². The maximum absolute atomic E-state index is 12.3. The van der Waals surface area contributed by atoms with Crippen LogP contribution in [0.3, 0.4) is 0 Å². The average molecular weight is 649 g/mol. The van der Waals surface area contributed by atoms with Gasteiger partial charge in [-0.05, 0) is 50.1 Å². The summed E-state index contributed by atoms with van der Waals surface area (Å²) in [5.74, 6) is -2.88. The van der Waals surface area contributed by atoms with Gasteiger partial charge in [-0.1, -0.05) is 27.7 Å². The Hall–Kier alpha value is -2.85. The van der Waals surface area contributed by atoms with Crippen molar-refractivity contribution in [2.24, 2.45) is 10.8 Å². The first-order valence-electron chi connectivity index (χ1n) is 15.4. The molecule has 0 radical (unpaired) electrons. The van der Waals surface area contributed by atoms with Gasteiger partial charge < -0.3 is 50.4 Å². The molecular formula is C30H56N4O11. The van der Waals surface area contributed by atoms with Gasteiger partial charge in [-0.15, -0.1) is 0 Å². The molecule has 0 saturated heterocycles. The minimum absolute atomic E-state index is 0.0444. The van der Waals surface area contributed by atoms with E-state index in [1.807, 2.05) is 34.7 Å². The molecule has 0 fully saturated rings. The molecule has 0 aromatic heterocycles. The topological polar surface area (TPSA) is 211 Å². The predicted octanol–water partition coefficient (Wildman–Crippen LogP) is 0.552. The number of nitrogens with one attached hydrogen (secondary N) is 4. The van der Waals surface area contributed by atoms with Crippen molar-refractivity contribution in [2.75, 3.05) is 79.5 Å². The van der Waals surface area contributed by atoms with Gasteiger partial charge in [0.15, 0.2) is 0 Å². The van der Waals surface area contributed by atoms with Gasteiger partial charge in [-0.3, -0.25) is 19.2 Å². The van der Waals surface area contributed by atoms with Gasteiger partial charge in [0.1, 0.15) is 19.3 Å². The summed E-state index contributed by atoms with van der Waals surface area (Å²) in [6.45, 7) is 9.96. The Morgan fingerprint density at radius 3 is 1.69 bits per heavy atom. The van der Waals surface area contributed by atoms with Crippen LogP contribution in [0.1, 0.15) is 66.2 Å². The standard InChI is InChI=1S/C30H56N4O11/c1-29(2,22-30(3,4)19-27(38)39)18-24(35)32-10-12-42-14-16-44-20-25(36)33-11-13-43-15-17-45-21-26(37)34-23(28(40)41)8-6-7-9-31-5/h23,31H,6-22H2,1-5H3,(H,32,35)(H,33,36)(H,34,37)(H,38,39)(H,40,41). The average Bonchev–Trinajstić information content (AvgIpc) is 2.91. The Morgan fingerprint density at radius 1 is 0.644 bits per heavy atom. The van der Waals surface area contributed by atoms with E-state index < -0.39 is 29.3 Å². The Kier molecular flexibility index (Phi) is 22.8. The Balaban J connectivity index is 3.73. The van der Waals surface area contributed by atoms with Crippen molar-refractivity contribution in [2.45, 2.75) is 72.3 Å². The van der Waals surface area contributed by atoms with Crippen LogP contribution in [0.2, 0.25) is 0 Å². The van der Waals surface area contributed by atoms with E-state index in [0.29, 0.717) is 25.8 Å². The first kappa shape index (κ1) is 42.1. The van der Waals surface area contributed by atoms with E-state index in [-0.39, 0.29) is 89.5 Å². The monoisotopic (exact) mass is 648 g/mol. The summed E-state index contributed by atoms with van der Waals surface area (Å²) in [6, 6.07) is -0.948. The van der Waals surface area contributed by atoms with Crippen LogP contribution in [0.15, 0.2) is 0 Å². The fourth-order valence-electron chi connectivity index (χ4n) is 4.82. The molecule has 6 N–H and O–H groups in total. The van der Waals surface area contributed by atoms with Gasteiger partial charge >= 0.3 is 11.9 Å². The second-order valence-electron chi connectivity index (χ2n) is 12.3. The van der Waals surface area contributed by atoms with Crippen LogP contribution in [-0.4, -0.2) is 125 Å². The normalized spacial score (nSPS) is 12.4. The van der Waals surface area contributed by atoms with Crippen molar-refractivity contribution in [3.05, 3.63) is 0 Å². The molecule has 3 amide bonds. The lowest BCUT2D eigenvalue weighted by molar-refractivity contribution is -0.143. The summed E-state index contributed by atoms with van der Waals surface area (Å²) < 4.78 is 21.2. The van der Waals surface area contributed by atoms with E-state index in [4.69, 9.17) is 24.1 Å². The number of carboxylic acid groups (broad SMARTS) is 2. The molecular weight excluding hydrogens is 592 g/mol. The van der Waals surface area contributed by atoms with E-state index in [9.17, 15) is 29.1 Å². The summed E-state index contributed by atoms with van der Waals surface area (Å²) in [5.41, 5.74) is -0.759. The van der Waals surface area contributed by atoms with Gasteiger partial charge in [0.2, 0.25) is 17.7 Å². The van der Waals surface area contributed by atoms with Gasteiger partial charge in [-0.25, -0.2) is 4.79 Å². The molecule has 0 heterocycles. The van der Waals surface area contributed by atoms with Crippen molar-refractivity contribution in [1.29, 1.82) is 0 Å². The minimum Gasteiger partial charge on any atom is -0.481 e. The largest absolute Gasteiger partial charge is 0.481 e. The summed E-state index contributed by atoms with van der Waals surface area (Å²) in [7, 11) is 1.82. The molecule has 0 spiro atoms. The van der Waals surface area contributed by atoms with E-state index >= 15 is 0 Å². The number of hydrogen-bond acceptors (Lipinski definition) is 10. The number of rotatable bonds is 29. The molecule has 15 nitrogen and oxygen atoms in total. The highest BCUT2D eigenvalue weighted by Gasteiger charge is 2.32. The fourth-order valence-corrected chi connectivity index (χ4v) is 4.82.